The van der Waals surface area contributed by atoms with Gasteiger partial charge in [-0.25, -0.2) is 4.98 Å². The number of hydrogen-bond acceptors (Lipinski definition) is 6. The van der Waals surface area contributed by atoms with E-state index in [4.69, 9.17) is 10.7 Å². The number of aliphatic imine (C=N–C) groups is 1. The van der Waals surface area contributed by atoms with E-state index in [0.717, 1.165) is 58.4 Å². The van der Waals surface area contributed by atoms with E-state index in [9.17, 15) is 4.79 Å². The van der Waals surface area contributed by atoms with Crippen molar-refractivity contribution < 1.29 is 4.79 Å². The maximum absolute atomic E-state index is 13.1. The lowest BCUT2D eigenvalue weighted by Crippen LogP contribution is -2.51. The van der Waals surface area contributed by atoms with Crippen LogP contribution >= 0.6 is 0 Å². The molecule has 2 saturated heterocycles. The van der Waals surface area contributed by atoms with Crippen LogP contribution in [-0.2, 0) is 11.3 Å². The number of nitrogens with zero attached hydrogens (tertiary/aromatic N) is 4. The number of carbonyl (C=O) groups excluding carboxylic acids is 1. The zero-order valence-electron chi connectivity index (χ0n) is 18.9. The van der Waals surface area contributed by atoms with E-state index in [-0.39, 0.29) is 5.92 Å². The minimum atomic E-state index is 0.178. The van der Waals surface area contributed by atoms with Crippen molar-refractivity contribution in [3.05, 3.63) is 36.0 Å². The molecule has 1 aliphatic carbocycles. The molecule has 1 amide bonds. The molecule has 7 nitrogen and oxygen atoms in total. The predicted molar refractivity (Wildman–Crippen MR) is 127 cm³/mol. The number of hydrogen-bond donors (Lipinski definition) is 2. The van der Waals surface area contributed by atoms with E-state index < -0.39 is 0 Å². The topological polar surface area (TPSA) is 86.9 Å². The first kappa shape index (κ1) is 21.6. The largest absolute Gasteiger partial charge is 0.384 e. The van der Waals surface area contributed by atoms with Crippen molar-refractivity contribution in [2.45, 2.75) is 63.2 Å². The molecule has 4 aliphatic rings. The molecule has 7 heteroatoms. The van der Waals surface area contributed by atoms with Crippen molar-refractivity contribution in [2.24, 2.45) is 16.8 Å². The molecular formula is C25H36N6O. The van der Waals surface area contributed by atoms with Crippen LogP contribution in [-0.4, -0.2) is 71.2 Å². The molecule has 1 aromatic heterocycles. The molecule has 1 saturated carbocycles. The Morgan fingerprint density at radius 1 is 1.09 bits per heavy atom. The highest BCUT2D eigenvalue weighted by atomic mass is 16.2. The second-order valence-corrected chi connectivity index (χ2v) is 9.93. The molecule has 3 aliphatic heterocycles. The Morgan fingerprint density at radius 2 is 1.91 bits per heavy atom. The van der Waals surface area contributed by atoms with Crippen LogP contribution in [0.4, 0.5) is 5.82 Å². The second-order valence-electron chi connectivity index (χ2n) is 9.93. The standard InChI is InChI=1S/C25H36N6O/c26-23-16-18(5-11-27-23)17-30-12-6-20(7-13-30)25(32)31-14-8-21(9-15-31)29-22-4-3-19-2-1-10-28-24(19)22/h1-2,5,10-11,16,19-22,24,29H,3-4,6-9,12-15,17H2,(H2,26,27). The highest BCUT2D eigenvalue weighted by molar-refractivity contribution is 5.79. The minimum absolute atomic E-state index is 0.178. The maximum atomic E-state index is 13.1. The Kier molecular flexibility index (Phi) is 6.55. The molecule has 0 spiro atoms. The molecule has 3 fully saturated rings. The Labute approximate surface area is 191 Å². The number of anilines is 1. The molecule has 0 bridgehead atoms. The van der Waals surface area contributed by atoms with E-state index in [0.29, 0.717) is 35.8 Å². The van der Waals surface area contributed by atoms with Crippen molar-refractivity contribution >= 4 is 17.9 Å². The van der Waals surface area contributed by atoms with Crippen molar-refractivity contribution in [2.75, 3.05) is 31.9 Å². The van der Waals surface area contributed by atoms with Crippen LogP contribution in [0.3, 0.4) is 0 Å². The van der Waals surface area contributed by atoms with Crippen LogP contribution in [0.5, 0.6) is 0 Å². The Balaban J connectivity index is 1.05. The van der Waals surface area contributed by atoms with Crippen molar-refractivity contribution in [1.29, 1.82) is 0 Å². The lowest BCUT2D eigenvalue weighted by molar-refractivity contribution is -0.138. The van der Waals surface area contributed by atoms with Gasteiger partial charge in [0.15, 0.2) is 0 Å². The summed E-state index contributed by atoms with van der Waals surface area (Å²) in [5, 5.41) is 3.88. The molecule has 3 N–H and O–H groups in total. The fourth-order valence-corrected chi connectivity index (χ4v) is 5.98. The summed E-state index contributed by atoms with van der Waals surface area (Å²) in [5.41, 5.74) is 6.99. The molecule has 4 heterocycles. The number of nitrogens with two attached hydrogens (primary N) is 1. The molecule has 0 radical (unpaired) electrons. The number of piperidine rings is 2. The number of likely N-dealkylation sites (tertiary alicyclic amines) is 2. The third kappa shape index (κ3) is 4.89. The lowest BCUT2D eigenvalue weighted by atomic mass is 9.93. The summed E-state index contributed by atoms with van der Waals surface area (Å²) in [5.74, 6) is 1.74. The number of dihydropyridines is 1. The highest BCUT2D eigenvalue weighted by Gasteiger charge is 2.37. The molecule has 0 aromatic carbocycles. The summed E-state index contributed by atoms with van der Waals surface area (Å²) >= 11 is 0. The second kappa shape index (κ2) is 9.71. The van der Waals surface area contributed by atoms with Gasteiger partial charge in [-0.1, -0.05) is 6.08 Å². The van der Waals surface area contributed by atoms with Gasteiger partial charge in [0.2, 0.25) is 5.91 Å². The third-order valence-corrected chi connectivity index (χ3v) is 7.81. The van der Waals surface area contributed by atoms with Crippen molar-refractivity contribution in [3.63, 3.8) is 0 Å². The summed E-state index contributed by atoms with van der Waals surface area (Å²) in [7, 11) is 0. The third-order valence-electron chi connectivity index (χ3n) is 7.81. The summed E-state index contributed by atoms with van der Waals surface area (Å²) in [6.45, 7) is 4.59. The van der Waals surface area contributed by atoms with Crippen LogP contribution in [0.25, 0.3) is 0 Å². The number of pyridine rings is 1. The van der Waals surface area contributed by atoms with Gasteiger partial charge in [-0.15, -0.1) is 0 Å². The van der Waals surface area contributed by atoms with Gasteiger partial charge < -0.3 is 16.0 Å². The summed E-state index contributed by atoms with van der Waals surface area (Å²) in [4.78, 5) is 26.5. The number of rotatable bonds is 5. The number of nitrogen functional groups attached to an aromatic ring is 1. The van der Waals surface area contributed by atoms with Gasteiger partial charge in [-0.3, -0.25) is 14.7 Å². The van der Waals surface area contributed by atoms with Gasteiger partial charge in [0, 0.05) is 56.0 Å². The van der Waals surface area contributed by atoms with Crippen LogP contribution in [0.1, 0.15) is 44.1 Å². The normalized spacial score (nSPS) is 29.4. The smallest absolute Gasteiger partial charge is 0.225 e. The molecule has 5 rings (SSSR count). The van der Waals surface area contributed by atoms with Gasteiger partial charge in [-0.2, -0.15) is 0 Å². The Morgan fingerprint density at radius 3 is 2.69 bits per heavy atom. The maximum Gasteiger partial charge on any atom is 0.225 e. The van der Waals surface area contributed by atoms with Gasteiger partial charge in [0.05, 0.1) is 6.04 Å². The zero-order valence-corrected chi connectivity index (χ0v) is 18.9. The monoisotopic (exact) mass is 436 g/mol. The molecule has 172 valence electrons. The number of nitrogens with one attached hydrogen (secondary N) is 1. The fourth-order valence-electron chi connectivity index (χ4n) is 5.98. The lowest BCUT2D eigenvalue weighted by Gasteiger charge is -2.38. The first-order valence-corrected chi connectivity index (χ1v) is 12.3. The van der Waals surface area contributed by atoms with Crippen molar-refractivity contribution in [1.82, 2.24) is 20.1 Å². The molecule has 3 unspecified atom stereocenters. The number of carbonyl (C=O) groups is 1. The van der Waals surface area contributed by atoms with Gasteiger partial charge in [0.1, 0.15) is 5.82 Å². The zero-order chi connectivity index (χ0) is 21.9. The number of amides is 1. The average Bonchev–Trinajstić information content (AvgIpc) is 3.22. The SMILES string of the molecule is Nc1cc(CN2CCC(C(=O)N3CCC(NC4CCC5C=CC=NC54)CC3)CC2)ccn1. The molecule has 3 atom stereocenters. The number of fused-ring (bicyclic) bond motifs is 1. The van der Waals surface area contributed by atoms with Crippen LogP contribution in [0.15, 0.2) is 35.5 Å². The fraction of sp³-hybridized carbons (Fsp3) is 0.640. The molecule has 1 aromatic rings. The quantitative estimate of drug-likeness (QED) is 0.739. The predicted octanol–water partition coefficient (Wildman–Crippen LogP) is 2.24. The average molecular weight is 437 g/mol. The number of allylic oxidation sites excluding steroid dienone is 1. The molecular weight excluding hydrogens is 400 g/mol. The van der Waals surface area contributed by atoms with Crippen LogP contribution in [0.2, 0.25) is 0 Å². The van der Waals surface area contributed by atoms with Crippen molar-refractivity contribution in [3.8, 4) is 0 Å². The Bertz CT molecular complexity index is 854. The Hall–Kier alpha value is -2.25. The summed E-state index contributed by atoms with van der Waals surface area (Å²) in [6, 6.07) is 5.38. The molecule has 32 heavy (non-hydrogen) atoms. The van der Waals surface area contributed by atoms with E-state index in [1.54, 1.807) is 6.20 Å². The van der Waals surface area contributed by atoms with E-state index in [1.165, 1.54) is 18.4 Å². The number of aromatic nitrogens is 1. The van der Waals surface area contributed by atoms with Crippen LogP contribution in [0, 0.1) is 11.8 Å². The van der Waals surface area contributed by atoms with E-state index in [2.05, 4.69) is 32.3 Å². The van der Waals surface area contributed by atoms with Gasteiger partial charge in [-0.05, 0) is 75.4 Å². The summed E-state index contributed by atoms with van der Waals surface area (Å²) in [6.07, 6.45) is 14.6. The highest BCUT2D eigenvalue weighted by Crippen LogP contribution is 2.32. The van der Waals surface area contributed by atoms with Gasteiger partial charge >= 0.3 is 0 Å². The first-order chi connectivity index (χ1) is 15.7. The minimum Gasteiger partial charge on any atom is -0.384 e. The van der Waals surface area contributed by atoms with E-state index in [1.807, 2.05) is 18.3 Å². The summed E-state index contributed by atoms with van der Waals surface area (Å²) < 4.78 is 0. The van der Waals surface area contributed by atoms with E-state index >= 15 is 0 Å². The van der Waals surface area contributed by atoms with Gasteiger partial charge in [0.25, 0.3) is 0 Å². The first-order valence-electron chi connectivity index (χ1n) is 12.3. The van der Waals surface area contributed by atoms with Crippen LogP contribution < -0.4 is 11.1 Å².